The third-order valence-electron chi connectivity index (χ3n) is 10.7. The van der Waals surface area contributed by atoms with Gasteiger partial charge in [0.2, 0.25) is 0 Å². The van der Waals surface area contributed by atoms with E-state index in [4.69, 9.17) is 9.72 Å². The fourth-order valence-corrected chi connectivity index (χ4v) is 8.58. The maximum Gasteiger partial charge on any atom is 0.319 e. The molecule has 4 aliphatic rings. The van der Waals surface area contributed by atoms with Crippen LogP contribution in [0.1, 0.15) is 51.0 Å². The van der Waals surface area contributed by atoms with Crippen molar-refractivity contribution in [2.75, 3.05) is 37.7 Å². The van der Waals surface area contributed by atoms with E-state index < -0.39 is 23.3 Å². The smallest absolute Gasteiger partial charge is 0.319 e. The van der Waals surface area contributed by atoms with Crippen molar-refractivity contribution in [1.29, 1.82) is 0 Å². The first-order chi connectivity index (χ1) is 21.7. The fourth-order valence-electron chi connectivity index (χ4n) is 8.58. The first kappa shape index (κ1) is 28.8. The van der Waals surface area contributed by atoms with Crippen LogP contribution in [0.5, 0.6) is 11.8 Å². The Balaban J connectivity index is 1.26. The van der Waals surface area contributed by atoms with Gasteiger partial charge in [0.25, 0.3) is 0 Å². The van der Waals surface area contributed by atoms with Gasteiger partial charge in [0.05, 0.1) is 17.0 Å². The van der Waals surface area contributed by atoms with Crippen LogP contribution in [0.2, 0.25) is 0 Å². The number of alkyl halides is 1. The first-order valence-corrected chi connectivity index (χ1v) is 15.9. The quantitative estimate of drug-likeness (QED) is 0.284. The van der Waals surface area contributed by atoms with Crippen LogP contribution in [-0.4, -0.2) is 80.7 Å². The lowest BCUT2D eigenvalue weighted by molar-refractivity contribution is -0.0179. The summed E-state index contributed by atoms with van der Waals surface area (Å²) in [5, 5.41) is 22.1. The molecule has 1 aliphatic carbocycles. The molecule has 3 saturated heterocycles. The average Bonchev–Trinajstić information content (AvgIpc) is 3.68. The van der Waals surface area contributed by atoms with Gasteiger partial charge in [-0.05, 0) is 85.0 Å². The minimum absolute atomic E-state index is 0.00592. The van der Waals surface area contributed by atoms with Crippen LogP contribution >= 0.6 is 0 Å². The summed E-state index contributed by atoms with van der Waals surface area (Å²) in [4.78, 5) is 18.1. The van der Waals surface area contributed by atoms with Crippen LogP contribution < -0.4 is 9.64 Å². The third kappa shape index (κ3) is 4.61. The van der Waals surface area contributed by atoms with E-state index in [1.165, 1.54) is 24.4 Å². The van der Waals surface area contributed by atoms with Gasteiger partial charge >= 0.3 is 6.01 Å². The minimum atomic E-state index is -0.915. The van der Waals surface area contributed by atoms with E-state index >= 15 is 4.39 Å². The van der Waals surface area contributed by atoms with E-state index in [-0.39, 0.29) is 46.7 Å². The number of pyridine rings is 1. The Hall–Kier alpha value is -3.70. The second-order valence-electron chi connectivity index (χ2n) is 13.6. The van der Waals surface area contributed by atoms with Gasteiger partial charge in [-0.1, -0.05) is 13.0 Å². The van der Waals surface area contributed by atoms with E-state index in [9.17, 15) is 19.0 Å². The molecule has 1 saturated carbocycles. The second-order valence-corrected chi connectivity index (χ2v) is 13.6. The van der Waals surface area contributed by atoms with Crippen LogP contribution in [0.15, 0.2) is 30.5 Å². The van der Waals surface area contributed by atoms with Gasteiger partial charge in [0.15, 0.2) is 5.82 Å². The molecule has 8 nitrogen and oxygen atoms in total. The van der Waals surface area contributed by atoms with Crippen LogP contribution in [0.25, 0.3) is 32.9 Å². The number of rotatable bonds is 6. The number of phenols is 1. The zero-order valence-corrected chi connectivity index (χ0v) is 25.2. The minimum Gasteiger partial charge on any atom is -0.508 e. The Morgan fingerprint density at radius 2 is 1.93 bits per heavy atom. The van der Waals surface area contributed by atoms with E-state index in [0.717, 1.165) is 38.6 Å². The zero-order valence-electron chi connectivity index (χ0n) is 25.2. The number of hydrogen-bond acceptors (Lipinski definition) is 8. The monoisotopic (exact) mass is 619 g/mol. The van der Waals surface area contributed by atoms with Crippen molar-refractivity contribution in [2.45, 2.75) is 69.7 Å². The zero-order chi connectivity index (χ0) is 31.1. The summed E-state index contributed by atoms with van der Waals surface area (Å²) in [7, 11) is 0. The predicted molar refractivity (Wildman–Crippen MR) is 164 cm³/mol. The maximum absolute atomic E-state index is 16.8. The molecule has 45 heavy (non-hydrogen) atoms. The van der Waals surface area contributed by atoms with Crippen molar-refractivity contribution < 1.29 is 28.1 Å². The second kappa shape index (κ2) is 10.4. The number of aromatic nitrogens is 3. The molecule has 1 spiro atoms. The number of ether oxygens (including phenoxy) is 1. The molecule has 11 heteroatoms. The van der Waals surface area contributed by atoms with Crippen LogP contribution in [0.3, 0.4) is 0 Å². The lowest BCUT2D eigenvalue weighted by atomic mass is 9.66. The number of aromatic hydroxyl groups is 1. The van der Waals surface area contributed by atoms with Gasteiger partial charge in [-0.2, -0.15) is 9.97 Å². The molecule has 2 aromatic carbocycles. The molecule has 8 rings (SSSR count). The van der Waals surface area contributed by atoms with E-state index in [2.05, 4.69) is 19.8 Å². The summed E-state index contributed by atoms with van der Waals surface area (Å²) in [6.45, 7) is 4.57. The summed E-state index contributed by atoms with van der Waals surface area (Å²) < 4.78 is 52.4. The van der Waals surface area contributed by atoms with Crippen molar-refractivity contribution >= 4 is 27.5 Å². The van der Waals surface area contributed by atoms with E-state index in [1.54, 1.807) is 6.07 Å². The van der Waals surface area contributed by atoms with Crippen molar-refractivity contribution in [3.63, 3.8) is 0 Å². The largest absolute Gasteiger partial charge is 0.508 e. The number of benzene rings is 2. The predicted octanol–water partition coefficient (Wildman–Crippen LogP) is 5.70. The molecule has 236 valence electrons. The summed E-state index contributed by atoms with van der Waals surface area (Å²) in [6, 6.07) is 5.86. The molecule has 0 amide bonds. The molecule has 4 fully saturated rings. The lowest BCUT2D eigenvalue weighted by Gasteiger charge is -2.42. The Morgan fingerprint density at radius 1 is 1.09 bits per heavy atom. The number of anilines is 1. The summed E-state index contributed by atoms with van der Waals surface area (Å²) in [5.74, 6) is -0.723. The van der Waals surface area contributed by atoms with Crippen molar-refractivity contribution in [2.24, 2.45) is 5.41 Å². The molecular formula is C34H36F3N5O3. The SMILES string of the molecule is CCc1c(F)ccc2cc(O)cc(-c3ncc4c(N5CCC6(CC(O)C6)C5)nc(OC[C@@]56CCCN5C[C@H](F)C6)nc4c3F)c12. The highest BCUT2D eigenvalue weighted by Gasteiger charge is 2.50. The maximum atomic E-state index is 16.8. The van der Waals surface area contributed by atoms with Crippen LogP contribution in [0.4, 0.5) is 19.0 Å². The average molecular weight is 620 g/mol. The molecule has 5 heterocycles. The Kier molecular flexibility index (Phi) is 6.66. The van der Waals surface area contributed by atoms with Crippen molar-refractivity contribution in [3.05, 3.63) is 47.7 Å². The highest BCUT2D eigenvalue weighted by atomic mass is 19.1. The Labute approximate surface area is 258 Å². The summed E-state index contributed by atoms with van der Waals surface area (Å²) in [6.07, 6.45) is 5.17. The normalized spacial score (nSPS) is 28.0. The number of aliphatic hydroxyl groups excluding tert-OH is 1. The molecule has 0 radical (unpaired) electrons. The van der Waals surface area contributed by atoms with Gasteiger partial charge < -0.3 is 19.8 Å². The fraction of sp³-hybridized carbons (Fsp3) is 0.500. The molecule has 2 atom stereocenters. The number of fused-ring (bicyclic) bond motifs is 3. The number of aryl methyl sites for hydroxylation is 1. The Bertz CT molecular complexity index is 1830. The topological polar surface area (TPSA) is 94.8 Å². The highest BCUT2D eigenvalue weighted by molar-refractivity contribution is 6.01. The van der Waals surface area contributed by atoms with Gasteiger partial charge in [0, 0.05) is 37.8 Å². The third-order valence-corrected chi connectivity index (χ3v) is 10.7. The summed E-state index contributed by atoms with van der Waals surface area (Å²) >= 11 is 0. The van der Waals surface area contributed by atoms with Crippen molar-refractivity contribution in [1.82, 2.24) is 19.9 Å². The number of halogens is 3. The number of nitrogens with zero attached hydrogens (tertiary/aromatic N) is 5. The Morgan fingerprint density at radius 3 is 2.73 bits per heavy atom. The van der Waals surface area contributed by atoms with Gasteiger partial charge in [-0.15, -0.1) is 0 Å². The first-order valence-electron chi connectivity index (χ1n) is 15.9. The highest BCUT2D eigenvalue weighted by Crippen LogP contribution is 2.50. The molecule has 2 aromatic heterocycles. The molecule has 4 aromatic rings. The number of aliphatic hydroxyl groups is 1. The standard InChI is InChI=1S/C34H36F3N5O3/c1-2-23-26(36)5-4-19-10-21(43)11-24(27(19)23)29-28(37)30-25(15-38-29)31(41-9-7-33(17-41)13-22(44)14-33)40-32(39-30)45-18-34-6-3-8-42(34)16-20(35)12-34/h4-5,10-11,15,20,22,43-44H,2-3,6-9,12-14,16-18H2,1H3/t20-,22?,33?,34+/m1/s1. The molecule has 2 N–H and O–H groups in total. The molecule has 0 unspecified atom stereocenters. The van der Waals surface area contributed by atoms with Crippen LogP contribution in [0, 0.1) is 17.0 Å². The lowest BCUT2D eigenvalue weighted by Crippen LogP contribution is -2.43. The number of hydrogen-bond donors (Lipinski definition) is 2. The van der Waals surface area contributed by atoms with Crippen molar-refractivity contribution in [3.8, 4) is 23.0 Å². The molecular weight excluding hydrogens is 583 g/mol. The van der Waals surface area contributed by atoms with E-state index in [1.807, 2.05) is 6.92 Å². The van der Waals surface area contributed by atoms with Gasteiger partial charge in [0.1, 0.15) is 41.4 Å². The van der Waals surface area contributed by atoms with Crippen LogP contribution in [-0.2, 0) is 6.42 Å². The van der Waals surface area contributed by atoms with E-state index in [0.29, 0.717) is 60.0 Å². The van der Waals surface area contributed by atoms with Gasteiger partial charge in [-0.25, -0.2) is 13.2 Å². The molecule has 3 aliphatic heterocycles. The number of phenolic OH excluding ortho intramolecular Hbond substituents is 1. The molecule has 0 bridgehead atoms. The summed E-state index contributed by atoms with van der Waals surface area (Å²) in [5.41, 5.74) is 0.193. The van der Waals surface area contributed by atoms with Gasteiger partial charge in [-0.3, -0.25) is 9.88 Å².